The van der Waals surface area contributed by atoms with Crippen molar-refractivity contribution in [3.63, 3.8) is 0 Å². The van der Waals surface area contributed by atoms with Crippen LogP contribution in [0.4, 0.5) is 5.69 Å². The number of nitrogens with zero attached hydrogens (tertiary/aromatic N) is 2. The maximum atomic E-state index is 12.0. The average Bonchev–Trinajstić information content (AvgIpc) is 3.08. The van der Waals surface area contributed by atoms with Crippen molar-refractivity contribution < 1.29 is 14.6 Å². The molecule has 1 aliphatic heterocycles. The van der Waals surface area contributed by atoms with Crippen molar-refractivity contribution in [3.05, 3.63) is 65.4 Å². The Kier molecular flexibility index (Phi) is 4.44. The van der Waals surface area contributed by atoms with Gasteiger partial charge < -0.3 is 14.7 Å². The first-order valence-electron chi connectivity index (χ1n) is 9.09. The number of carboxylic acid groups (broad SMARTS) is 1. The maximum absolute atomic E-state index is 12.0. The van der Waals surface area contributed by atoms with Crippen LogP contribution in [0, 0.1) is 6.92 Å². The Balaban J connectivity index is 1.81. The van der Waals surface area contributed by atoms with Crippen molar-refractivity contribution in [3.8, 4) is 5.75 Å². The molecule has 0 amide bonds. The Hall–Kier alpha value is -3.08. The zero-order valence-electron chi connectivity index (χ0n) is 15.5. The molecule has 5 nitrogen and oxygen atoms in total. The lowest BCUT2D eigenvalue weighted by Crippen LogP contribution is -2.39. The minimum absolute atomic E-state index is 0.478. The predicted molar refractivity (Wildman–Crippen MR) is 106 cm³/mol. The van der Waals surface area contributed by atoms with Crippen molar-refractivity contribution >= 4 is 22.6 Å². The Morgan fingerprint density at radius 2 is 2.04 bits per heavy atom. The van der Waals surface area contributed by atoms with E-state index < -0.39 is 12.0 Å². The first-order chi connectivity index (χ1) is 13.1. The number of rotatable bonds is 5. The van der Waals surface area contributed by atoms with Crippen molar-refractivity contribution in [2.45, 2.75) is 25.8 Å². The predicted octanol–water partition coefficient (Wildman–Crippen LogP) is 3.61. The van der Waals surface area contributed by atoms with E-state index in [0.717, 1.165) is 40.0 Å². The van der Waals surface area contributed by atoms with E-state index in [1.807, 2.05) is 48.2 Å². The van der Waals surface area contributed by atoms with E-state index in [1.54, 1.807) is 7.11 Å². The molecule has 0 saturated carbocycles. The van der Waals surface area contributed by atoms with Crippen LogP contribution < -0.4 is 9.64 Å². The van der Waals surface area contributed by atoms with Gasteiger partial charge in [0.2, 0.25) is 0 Å². The summed E-state index contributed by atoms with van der Waals surface area (Å²) < 4.78 is 5.39. The summed E-state index contributed by atoms with van der Waals surface area (Å²) in [5.41, 5.74) is 4.97. The molecule has 27 heavy (non-hydrogen) atoms. The first-order valence-corrected chi connectivity index (χ1v) is 9.09. The van der Waals surface area contributed by atoms with Crippen LogP contribution in [0.5, 0.6) is 5.75 Å². The summed E-state index contributed by atoms with van der Waals surface area (Å²) in [6.45, 7) is 2.60. The minimum Gasteiger partial charge on any atom is -0.497 e. The average molecular weight is 362 g/mol. The van der Waals surface area contributed by atoms with Gasteiger partial charge in [0.1, 0.15) is 11.8 Å². The molecule has 0 saturated heterocycles. The first kappa shape index (κ1) is 17.3. The molecule has 5 heteroatoms. The van der Waals surface area contributed by atoms with Gasteiger partial charge in [0.05, 0.1) is 18.3 Å². The fourth-order valence-electron chi connectivity index (χ4n) is 3.93. The van der Waals surface area contributed by atoms with Crippen LogP contribution in [-0.4, -0.2) is 35.8 Å². The van der Waals surface area contributed by atoms with Gasteiger partial charge in [-0.3, -0.25) is 4.98 Å². The van der Waals surface area contributed by atoms with Gasteiger partial charge in [0.15, 0.2) is 0 Å². The second-order valence-electron chi connectivity index (χ2n) is 6.89. The van der Waals surface area contributed by atoms with Gasteiger partial charge in [-0.1, -0.05) is 30.3 Å². The molecule has 4 rings (SSSR count). The molecule has 1 atom stereocenters. The number of anilines is 1. The summed E-state index contributed by atoms with van der Waals surface area (Å²) >= 11 is 0. The van der Waals surface area contributed by atoms with E-state index in [4.69, 9.17) is 9.72 Å². The quantitative estimate of drug-likeness (QED) is 0.751. The molecule has 138 valence electrons. The number of aryl methyl sites for hydroxylation is 1. The Labute approximate surface area is 158 Å². The lowest BCUT2D eigenvalue weighted by molar-refractivity contribution is -0.138. The summed E-state index contributed by atoms with van der Waals surface area (Å²) in [6.07, 6.45) is 1.27. The van der Waals surface area contributed by atoms with Crippen LogP contribution in [0.15, 0.2) is 48.5 Å². The summed E-state index contributed by atoms with van der Waals surface area (Å²) in [4.78, 5) is 18.7. The van der Waals surface area contributed by atoms with E-state index in [2.05, 4.69) is 12.1 Å². The number of hydrogen-bond acceptors (Lipinski definition) is 4. The van der Waals surface area contributed by atoms with Gasteiger partial charge in [-0.2, -0.15) is 0 Å². The normalized spacial score (nSPS) is 15.8. The van der Waals surface area contributed by atoms with Crippen LogP contribution in [0.1, 0.15) is 16.8 Å². The second kappa shape index (κ2) is 6.91. The van der Waals surface area contributed by atoms with Crippen molar-refractivity contribution in [1.29, 1.82) is 0 Å². The lowest BCUT2D eigenvalue weighted by atomic mass is 10.0. The number of carboxylic acids is 1. The molecule has 2 aromatic carbocycles. The van der Waals surface area contributed by atoms with Crippen LogP contribution in [0.25, 0.3) is 10.9 Å². The molecular formula is C22H22N2O3. The third-order valence-corrected chi connectivity index (χ3v) is 5.30. The number of aromatic nitrogens is 1. The van der Waals surface area contributed by atoms with E-state index >= 15 is 0 Å². The monoisotopic (exact) mass is 362 g/mol. The van der Waals surface area contributed by atoms with E-state index in [-0.39, 0.29) is 0 Å². The smallest absolute Gasteiger partial charge is 0.326 e. The van der Waals surface area contributed by atoms with Gasteiger partial charge in [-0.25, -0.2) is 4.79 Å². The third kappa shape index (κ3) is 3.10. The SMILES string of the molecule is COc1ccc2nc(C)c3c(c2c1)N(CCc1ccccc1)C(C(=O)O)C3. The zero-order valence-corrected chi connectivity index (χ0v) is 15.5. The minimum atomic E-state index is -0.797. The molecule has 0 spiro atoms. The van der Waals surface area contributed by atoms with Crippen molar-refractivity contribution in [1.82, 2.24) is 4.98 Å². The molecule has 1 aromatic heterocycles. The second-order valence-corrected chi connectivity index (χ2v) is 6.89. The number of methoxy groups -OCH3 is 1. The van der Waals surface area contributed by atoms with Gasteiger partial charge >= 0.3 is 5.97 Å². The van der Waals surface area contributed by atoms with Crippen molar-refractivity contribution in [2.24, 2.45) is 0 Å². The largest absolute Gasteiger partial charge is 0.497 e. The summed E-state index contributed by atoms with van der Waals surface area (Å²) in [5, 5.41) is 10.8. The molecule has 1 unspecified atom stereocenters. The van der Waals surface area contributed by atoms with Crippen molar-refractivity contribution in [2.75, 3.05) is 18.6 Å². The Bertz CT molecular complexity index is 1000. The summed E-state index contributed by atoms with van der Waals surface area (Å²) in [5.74, 6) is -0.0492. The summed E-state index contributed by atoms with van der Waals surface area (Å²) in [6, 6.07) is 15.4. The van der Waals surface area contributed by atoms with Crippen LogP contribution in [0.3, 0.4) is 0 Å². The van der Waals surface area contributed by atoms with Gasteiger partial charge in [-0.15, -0.1) is 0 Å². The summed E-state index contributed by atoms with van der Waals surface area (Å²) in [7, 11) is 1.64. The fraction of sp³-hybridized carbons (Fsp3) is 0.273. The van der Waals surface area contributed by atoms with Gasteiger partial charge in [0.25, 0.3) is 0 Å². The highest BCUT2D eigenvalue weighted by Crippen LogP contribution is 2.40. The highest BCUT2D eigenvalue weighted by molar-refractivity contribution is 5.99. The Morgan fingerprint density at radius 3 is 2.74 bits per heavy atom. The molecular weight excluding hydrogens is 340 g/mol. The zero-order chi connectivity index (χ0) is 19.0. The maximum Gasteiger partial charge on any atom is 0.326 e. The molecule has 0 fully saturated rings. The fourth-order valence-corrected chi connectivity index (χ4v) is 3.93. The molecule has 0 bridgehead atoms. The highest BCUT2D eigenvalue weighted by atomic mass is 16.5. The number of aliphatic carboxylic acids is 1. The Morgan fingerprint density at radius 1 is 1.26 bits per heavy atom. The van der Waals surface area contributed by atoms with Crippen LogP contribution >= 0.6 is 0 Å². The molecule has 0 aliphatic carbocycles. The molecule has 3 aromatic rings. The number of benzene rings is 2. The van der Waals surface area contributed by atoms with Gasteiger partial charge in [0, 0.05) is 29.6 Å². The van der Waals surface area contributed by atoms with E-state index in [0.29, 0.717) is 13.0 Å². The van der Waals surface area contributed by atoms with Gasteiger partial charge in [-0.05, 0) is 37.1 Å². The molecule has 1 N–H and O–H groups in total. The third-order valence-electron chi connectivity index (χ3n) is 5.30. The molecule has 2 heterocycles. The lowest BCUT2D eigenvalue weighted by Gasteiger charge is -2.26. The molecule has 1 aliphatic rings. The number of pyridine rings is 1. The van der Waals surface area contributed by atoms with Crippen LogP contribution in [0.2, 0.25) is 0 Å². The van der Waals surface area contributed by atoms with E-state index in [9.17, 15) is 9.90 Å². The number of fused-ring (bicyclic) bond motifs is 3. The number of ether oxygens (including phenoxy) is 1. The van der Waals surface area contributed by atoms with E-state index in [1.165, 1.54) is 5.56 Å². The van der Waals surface area contributed by atoms with Crippen LogP contribution in [-0.2, 0) is 17.6 Å². The number of hydrogen-bond donors (Lipinski definition) is 1. The molecule has 0 radical (unpaired) electrons. The highest BCUT2D eigenvalue weighted by Gasteiger charge is 2.37. The number of carbonyl (C=O) groups is 1. The topological polar surface area (TPSA) is 62.7 Å². The standard InChI is InChI=1S/C22H22N2O3/c1-14-17-13-20(22(25)26)24(11-10-15-6-4-3-5-7-15)21(17)18-12-16(27-2)8-9-19(18)23-14/h3-9,12,20H,10-11,13H2,1-2H3,(H,25,26).